The van der Waals surface area contributed by atoms with E-state index in [9.17, 15) is 9.59 Å². The first-order valence-electron chi connectivity index (χ1n) is 9.83. The predicted molar refractivity (Wildman–Crippen MR) is 107 cm³/mol. The zero-order valence-corrected chi connectivity index (χ0v) is 17.1. The van der Waals surface area contributed by atoms with Gasteiger partial charge in [-0.2, -0.15) is 0 Å². The van der Waals surface area contributed by atoms with E-state index in [-0.39, 0.29) is 23.8 Å². The highest BCUT2D eigenvalue weighted by Gasteiger charge is 2.32. The molecule has 8 nitrogen and oxygen atoms in total. The summed E-state index contributed by atoms with van der Waals surface area (Å²) in [6, 6.07) is 7.53. The van der Waals surface area contributed by atoms with Crippen LogP contribution in [0.4, 0.5) is 5.69 Å². The van der Waals surface area contributed by atoms with Crippen molar-refractivity contribution in [2.75, 3.05) is 45.7 Å². The van der Waals surface area contributed by atoms with E-state index in [4.69, 9.17) is 9.15 Å². The number of aromatic nitrogens is 1. The van der Waals surface area contributed by atoms with Crippen molar-refractivity contribution in [3.05, 3.63) is 47.2 Å². The second-order valence-electron chi connectivity index (χ2n) is 7.70. The number of rotatable bonds is 4. The summed E-state index contributed by atoms with van der Waals surface area (Å²) in [7, 11) is 5.58. The maximum atomic E-state index is 12.9. The van der Waals surface area contributed by atoms with E-state index in [1.54, 1.807) is 16.9 Å². The summed E-state index contributed by atoms with van der Waals surface area (Å²) in [5, 5.41) is 0. The molecule has 0 radical (unpaired) electrons. The smallest absolute Gasteiger partial charge is 0.309 e. The van der Waals surface area contributed by atoms with Crippen LogP contribution < -0.4 is 4.90 Å². The quantitative estimate of drug-likeness (QED) is 0.782. The van der Waals surface area contributed by atoms with Crippen molar-refractivity contribution in [3.8, 4) is 0 Å². The molecule has 2 aliphatic rings. The molecule has 2 aliphatic heterocycles. The van der Waals surface area contributed by atoms with Crippen molar-refractivity contribution in [3.63, 3.8) is 0 Å². The van der Waals surface area contributed by atoms with Crippen molar-refractivity contribution < 1.29 is 18.7 Å². The molecule has 8 heteroatoms. The van der Waals surface area contributed by atoms with E-state index < -0.39 is 0 Å². The zero-order valence-electron chi connectivity index (χ0n) is 17.1. The molecule has 0 N–H and O–H groups in total. The number of nitrogens with zero attached hydrogens (tertiary/aromatic N) is 4. The van der Waals surface area contributed by atoms with Gasteiger partial charge in [0.2, 0.25) is 0 Å². The van der Waals surface area contributed by atoms with Gasteiger partial charge in [-0.25, -0.2) is 4.98 Å². The average molecular weight is 398 g/mol. The highest BCUT2D eigenvalue weighted by Crippen LogP contribution is 2.24. The van der Waals surface area contributed by atoms with Crippen LogP contribution in [0.15, 0.2) is 28.7 Å². The van der Waals surface area contributed by atoms with E-state index in [1.165, 1.54) is 0 Å². The third-order valence-corrected chi connectivity index (χ3v) is 5.59. The molecule has 2 amide bonds. The number of methoxy groups -OCH3 is 1. The SMILES string of the molecule is CO[C@H]1CCN(C(=O)c2nc3c(o2)CCN(C(=O)c2ccc(N(C)C)cc2)C3)C1. The number of carbonyl (C=O) groups is 2. The third kappa shape index (κ3) is 3.85. The number of likely N-dealkylation sites (tertiary alicyclic amines) is 1. The number of carbonyl (C=O) groups excluding carboxylic acids is 2. The molecule has 0 aliphatic carbocycles. The Hall–Kier alpha value is -2.87. The van der Waals surface area contributed by atoms with Crippen molar-refractivity contribution in [2.45, 2.75) is 25.5 Å². The maximum absolute atomic E-state index is 12.9. The van der Waals surface area contributed by atoms with Gasteiger partial charge < -0.3 is 23.9 Å². The molecule has 154 valence electrons. The monoisotopic (exact) mass is 398 g/mol. The molecule has 29 heavy (non-hydrogen) atoms. The molecule has 0 bridgehead atoms. The Bertz CT molecular complexity index is 906. The molecule has 2 aromatic rings. The second kappa shape index (κ2) is 7.87. The fraction of sp³-hybridized carbons (Fsp3) is 0.476. The van der Waals surface area contributed by atoms with Crippen LogP contribution in [0.5, 0.6) is 0 Å². The Balaban J connectivity index is 1.45. The number of amides is 2. The van der Waals surface area contributed by atoms with E-state index in [1.807, 2.05) is 43.3 Å². The van der Waals surface area contributed by atoms with E-state index in [2.05, 4.69) is 4.98 Å². The molecule has 1 aromatic carbocycles. The molecule has 1 saturated heterocycles. The Morgan fingerprint density at radius 2 is 1.90 bits per heavy atom. The van der Waals surface area contributed by atoms with Crippen molar-refractivity contribution in [1.82, 2.24) is 14.8 Å². The summed E-state index contributed by atoms with van der Waals surface area (Å²) in [6.07, 6.45) is 1.44. The van der Waals surface area contributed by atoms with Gasteiger partial charge in [0.1, 0.15) is 11.5 Å². The molecule has 0 unspecified atom stereocenters. The lowest BCUT2D eigenvalue weighted by atomic mass is 10.1. The van der Waals surface area contributed by atoms with Crippen LogP contribution in [-0.4, -0.2) is 73.5 Å². The van der Waals surface area contributed by atoms with Crippen LogP contribution in [0.1, 0.15) is 38.9 Å². The van der Waals surface area contributed by atoms with Gasteiger partial charge in [-0.3, -0.25) is 9.59 Å². The first kappa shape index (κ1) is 19.4. The number of anilines is 1. The fourth-order valence-electron chi connectivity index (χ4n) is 3.79. The summed E-state index contributed by atoms with van der Waals surface area (Å²) in [6.45, 7) is 2.08. The number of hydrogen-bond donors (Lipinski definition) is 0. The molecule has 1 aromatic heterocycles. The molecule has 3 heterocycles. The van der Waals surface area contributed by atoms with Crippen molar-refractivity contribution >= 4 is 17.5 Å². The standard InChI is InChI=1S/C21H26N4O4/c1-23(2)15-6-4-14(5-7-15)20(26)25-11-9-18-17(13-25)22-19(29-18)21(27)24-10-8-16(12-24)28-3/h4-7,16H,8-13H2,1-3H3/t16-/m0/s1. The summed E-state index contributed by atoms with van der Waals surface area (Å²) in [4.78, 5) is 35.4. The summed E-state index contributed by atoms with van der Waals surface area (Å²) >= 11 is 0. The summed E-state index contributed by atoms with van der Waals surface area (Å²) in [5.41, 5.74) is 2.35. The van der Waals surface area contributed by atoms with Crippen LogP contribution in [0, 0.1) is 0 Å². The summed E-state index contributed by atoms with van der Waals surface area (Å²) < 4.78 is 11.1. The van der Waals surface area contributed by atoms with E-state index >= 15 is 0 Å². The zero-order chi connectivity index (χ0) is 20.5. The van der Waals surface area contributed by atoms with E-state index in [0.29, 0.717) is 49.6 Å². The number of oxazole rings is 1. The Morgan fingerprint density at radius 3 is 2.55 bits per heavy atom. The van der Waals surface area contributed by atoms with E-state index in [0.717, 1.165) is 12.1 Å². The van der Waals surface area contributed by atoms with Gasteiger partial charge in [0.05, 0.1) is 12.6 Å². The van der Waals surface area contributed by atoms with Gasteiger partial charge in [-0.15, -0.1) is 0 Å². The van der Waals surface area contributed by atoms with Gasteiger partial charge >= 0.3 is 5.91 Å². The van der Waals surface area contributed by atoms with Crippen LogP contribution in [0.3, 0.4) is 0 Å². The molecule has 0 saturated carbocycles. The molecule has 4 rings (SSSR count). The normalized spacial score (nSPS) is 18.7. The minimum absolute atomic E-state index is 0.0423. The molecular weight excluding hydrogens is 372 g/mol. The lowest BCUT2D eigenvalue weighted by Crippen LogP contribution is -2.35. The number of fused-ring (bicyclic) bond motifs is 1. The van der Waals surface area contributed by atoms with Crippen LogP contribution in [-0.2, 0) is 17.7 Å². The van der Waals surface area contributed by atoms with Crippen molar-refractivity contribution in [1.29, 1.82) is 0 Å². The number of ether oxygens (including phenoxy) is 1. The highest BCUT2D eigenvalue weighted by atomic mass is 16.5. The molecular formula is C21H26N4O4. The average Bonchev–Trinajstić information content (AvgIpc) is 3.39. The molecule has 0 spiro atoms. The van der Waals surface area contributed by atoms with Gasteiger partial charge in [-0.1, -0.05) is 0 Å². The Morgan fingerprint density at radius 1 is 1.14 bits per heavy atom. The Labute approximate surface area is 170 Å². The minimum Gasteiger partial charge on any atom is -0.437 e. The topological polar surface area (TPSA) is 79.1 Å². The maximum Gasteiger partial charge on any atom is 0.309 e. The van der Waals surface area contributed by atoms with Crippen LogP contribution >= 0.6 is 0 Å². The first-order chi connectivity index (χ1) is 14.0. The van der Waals surface area contributed by atoms with Crippen LogP contribution in [0.2, 0.25) is 0 Å². The highest BCUT2D eigenvalue weighted by molar-refractivity contribution is 5.94. The Kier molecular flexibility index (Phi) is 5.27. The molecule has 1 fully saturated rings. The fourth-order valence-corrected chi connectivity index (χ4v) is 3.79. The number of hydrogen-bond acceptors (Lipinski definition) is 6. The number of benzene rings is 1. The lowest BCUT2D eigenvalue weighted by molar-refractivity contribution is 0.0683. The van der Waals surface area contributed by atoms with Gasteiger partial charge in [-0.05, 0) is 30.7 Å². The predicted octanol–water partition coefficient (Wildman–Crippen LogP) is 1.80. The van der Waals surface area contributed by atoms with Gasteiger partial charge in [0, 0.05) is 58.5 Å². The second-order valence-corrected chi connectivity index (χ2v) is 7.70. The van der Waals surface area contributed by atoms with Crippen LogP contribution in [0.25, 0.3) is 0 Å². The third-order valence-electron chi connectivity index (χ3n) is 5.59. The molecule has 1 atom stereocenters. The lowest BCUT2D eigenvalue weighted by Gasteiger charge is -2.25. The van der Waals surface area contributed by atoms with Crippen molar-refractivity contribution in [2.24, 2.45) is 0 Å². The largest absolute Gasteiger partial charge is 0.437 e. The van der Waals surface area contributed by atoms with Gasteiger partial charge in [0.25, 0.3) is 11.8 Å². The first-order valence-corrected chi connectivity index (χ1v) is 9.83. The van der Waals surface area contributed by atoms with Gasteiger partial charge in [0.15, 0.2) is 0 Å². The minimum atomic E-state index is -0.212. The summed E-state index contributed by atoms with van der Waals surface area (Å²) in [5.74, 6) is 0.551.